The Bertz CT molecular complexity index is 961. The molecule has 0 aliphatic carbocycles. The van der Waals surface area contributed by atoms with Gasteiger partial charge in [-0.25, -0.2) is 8.42 Å². The first-order chi connectivity index (χ1) is 12.9. The second kappa shape index (κ2) is 6.65. The molecule has 1 N–H and O–H groups in total. The van der Waals surface area contributed by atoms with Crippen molar-refractivity contribution in [2.45, 2.75) is 24.5 Å². The lowest BCUT2D eigenvalue weighted by atomic mass is 9.80. The van der Waals surface area contributed by atoms with Crippen molar-refractivity contribution in [2.24, 2.45) is 0 Å². The van der Waals surface area contributed by atoms with Crippen LogP contribution in [0.5, 0.6) is 0 Å². The monoisotopic (exact) mass is 386 g/mol. The predicted molar refractivity (Wildman–Crippen MR) is 103 cm³/mol. The molecule has 2 aromatic carbocycles. The number of para-hydroxylation sites is 1. The van der Waals surface area contributed by atoms with E-state index in [1.165, 1.54) is 10.6 Å². The van der Waals surface area contributed by atoms with E-state index >= 15 is 0 Å². The van der Waals surface area contributed by atoms with Crippen LogP contribution in [-0.2, 0) is 31.5 Å². The minimum atomic E-state index is -3.39. The average Bonchev–Trinajstić information content (AvgIpc) is 3.24. The highest BCUT2D eigenvalue weighted by Gasteiger charge is 2.52. The number of rotatable bonds is 4. The maximum absolute atomic E-state index is 12.6. The van der Waals surface area contributed by atoms with Gasteiger partial charge in [-0.05, 0) is 23.6 Å². The topological polar surface area (TPSA) is 75.7 Å². The molecule has 2 aliphatic heterocycles. The number of carbonyl (C=O) groups excluding carboxylic acids is 1. The van der Waals surface area contributed by atoms with Gasteiger partial charge in [0.1, 0.15) is 6.10 Å². The number of nitrogens with zero attached hydrogens (tertiary/aromatic N) is 1. The summed E-state index contributed by atoms with van der Waals surface area (Å²) in [5, 5.41) is 2.92. The van der Waals surface area contributed by atoms with E-state index in [0.29, 0.717) is 31.8 Å². The van der Waals surface area contributed by atoms with Crippen LogP contribution >= 0.6 is 0 Å². The second-order valence-electron chi connectivity index (χ2n) is 7.27. The van der Waals surface area contributed by atoms with Gasteiger partial charge >= 0.3 is 0 Å². The number of hydrogen-bond acceptors (Lipinski definition) is 4. The lowest BCUT2D eigenvalue weighted by Crippen LogP contribution is -2.38. The van der Waals surface area contributed by atoms with Crippen molar-refractivity contribution in [3.8, 4) is 0 Å². The molecule has 2 heterocycles. The number of carbonyl (C=O) groups is 1. The van der Waals surface area contributed by atoms with Crippen LogP contribution < -0.4 is 9.62 Å². The van der Waals surface area contributed by atoms with Crippen molar-refractivity contribution in [3.05, 3.63) is 65.7 Å². The minimum Gasteiger partial charge on any atom is -0.367 e. The van der Waals surface area contributed by atoms with Gasteiger partial charge in [0.25, 0.3) is 0 Å². The predicted octanol–water partition coefficient (Wildman–Crippen LogP) is 1.81. The zero-order valence-corrected chi connectivity index (χ0v) is 15.9. The van der Waals surface area contributed by atoms with Crippen molar-refractivity contribution in [1.29, 1.82) is 0 Å². The van der Waals surface area contributed by atoms with E-state index in [2.05, 4.69) is 5.32 Å². The molecule has 0 unspecified atom stereocenters. The molecule has 2 atom stereocenters. The number of benzene rings is 2. The van der Waals surface area contributed by atoms with E-state index < -0.39 is 21.5 Å². The van der Waals surface area contributed by atoms with Gasteiger partial charge in [-0.2, -0.15) is 0 Å². The molecule has 7 heteroatoms. The zero-order chi connectivity index (χ0) is 19.1. The molecule has 6 nitrogen and oxygen atoms in total. The quantitative estimate of drug-likeness (QED) is 0.870. The van der Waals surface area contributed by atoms with E-state index in [1.54, 1.807) is 0 Å². The van der Waals surface area contributed by atoms with Crippen molar-refractivity contribution in [3.63, 3.8) is 0 Å². The Labute approximate surface area is 159 Å². The average molecular weight is 386 g/mol. The highest BCUT2D eigenvalue weighted by molar-refractivity contribution is 7.92. The number of anilines is 1. The second-order valence-corrected chi connectivity index (χ2v) is 9.18. The molecule has 0 bridgehead atoms. The molecule has 2 aromatic rings. The van der Waals surface area contributed by atoms with Gasteiger partial charge in [0.05, 0.1) is 18.6 Å². The molecule has 1 saturated heterocycles. The number of nitrogens with one attached hydrogen (secondary N) is 1. The van der Waals surface area contributed by atoms with Crippen LogP contribution in [0.1, 0.15) is 17.5 Å². The van der Waals surface area contributed by atoms with Gasteiger partial charge in [-0.15, -0.1) is 0 Å². The van der Waals surface area contributed by atoms with Gasteiger partial charge in [0.2, 0.25) is 15.9 Å². The van der Waals surface area contributed by atoms with Crippen LogP contribution in [0.15, 0.2) is 54.6 Å². The summed E-state index contributed by atoms with van der Waals surface area (Å²) >= 11 is 0. The van der Waals surface area contributed by atoms with Gasteiger partial charge in [0.15, 0.2) is 0 Å². The number of amides is 1. The highest BCUT2D eigenvalue weighted by atomic mass is 32.2. The Morgan fingerprint density at radius 3 is 2.63 bits per heavy atom. The number of ether oxygens (including phenoxy) is 1. The van der Waals surface area contributed by atoms with Crippen molar-refractivity contribution >= 4 is 21.6 Å². The van der Waals surface area contributed by atoms with Gasteiger partial charge in [-0.1, -0.05) is 48.5 Å². The van der Waals surface area contributed by atoms with Crippen LogP contribution in [0.3, 0.4) is 0 Å². The lowest BCUT2D eigenvalue weighted by Gasteiger charge is -2.23. The van der Waals surface area contributed by atoms with E-state index in [9.17, 15) is 13.2 Å². The van der Waals surface area contributed by atoms with E-state index in [0.717, 1.165) is 11.1 Å². The third-order valence-corrected chi connectivity index (χ3v) is 6.46. The van der Waals surface area contributed by atoms with Crippen LogP contribution in [-0.4, -0.2) is 39.8 Å². The molecule has 0 aromatic heterocycles. The van der Waals surface area contributed by atoms with E-state index in [1.807, 2.05) is 54.6 Å². The SMILES string of the molecule is CS(=O)(=O)N1C[C@]2(CO[C@H](C(=O)NCc3ccccc3)C2)c2ccccc21. The summed E-state index contributed by atoms with van der Waals surface area (Å²) in [6.07, 6.45) is 1.10. The van der Waals surface area contributed by atoms with Gasteiger partial charge < -0.3 is 10.1 Å². The van der Waals surface area contributed by atoms with E-state index in [4.69, 9.17) is 4.74 Å². The maximum atomic E-state index is 12.6. The molecule has 27 heavy (non-hydrogen) atoms. The Kier molecular flexibility index (Phi) is 4.44. The van der Waals surface area contributed by atoms with Crippen molar-refractivity contribution in [1.82, 2.24) is 5.32 Å². The Hall–Kier alpha value is -2.38. The van der Waals surface area contributed by atoms with Crippen molar-refractivity contribution in [2.75, 3.05) is 23.7 Å². The van der Waals surface area contributed by atoms with Gasteiger partial charge in [-0.3, -0.25) is 9.10 Å². The summed E-state index contributed by atoms with van der Waals surface area (Å²) < 4.78 is 31.7. The fraction of sp³-hybridized carbons (Fsp3) is 0.350. The Morgan fingerprint density at radius 2 is 1.89 bits per heavy atom. The van der Waals surface area contributed by atoms with Crippen LogP contribution in [0, 0.1) is 0 Å². The minimum absolute atomic E-state index is 0.161. The first-order valence-electron chi connectivity index (χ1n) is 8.90. The number of fused-ring (bicyclic) bond motifs is 2. The van der Waals surface area contributed by atoms with Crippen LogP contribution in [0.2, 0.25) is 0 Å². The molecule has 1 spiro atoms. The first kappa shape index (κ1) is 18.0. The zero-order valence-electron chi connectivity index (χ0n) is 15.1. The fourth-order valence-corrected chi connectivity index (χ4v) is 4.98. The highest BCUT2D eigenvalue weighted by Crippen LogP contribution is 2.48. The largest absolute Gasteiger partial charge is 0.367 e. The standard InChI is InChI=1S/C20H22N2O4S/c1-27(24,25)22-13-20(16-9-5-6-10-17(16)22)11-18(26-14-20)19(23)21-12-15-7-3-2-4-8-15/h2-10,18H,11-14H2,1H3,(H,21,23)/t18-,20+/m0/s1. The lowest BCUT2D eigenvalue weighted by molar-refractivity contribution is -0.130. The third kappa shape index (κ3) is 3.33. The maximum Gasteiger partial charge on any atom is 0.249 e. The van der Waals surface area contributed by atoms with Crippen LogP contribution in [0.4, 0.5) is 5.69 Å². The molecule has 0 saturated carbocycles. The molecule has 1 amide bonds. The summed E-state index contributed by atoms with van der Waals surface area (Å²) in [7, 11) is -3.39. The summed E-state index contributed by atoms with van der Waals surface area (Å²) in [6, 6.07) is 17.2. The molecule has 1 fully saturated rings. The summed E-state index contributed by atoms with van der Waals surface area (Å²) in [5.41, 5.74) is 2.17. The molecule has 4 rings (SSSR count). The Morgan fingerprint density at radius 1 is 1.19 bits per heavy atom. The smallest absolute Gasteiger partial charge is 0.249 e. The molecular weight excluding hydrogens is 364 g/mol. The Balaban J connectivity index is 1.51. The summed E-state index contributed by atoms with van der Waals surface area (Å²) in [4.78, 5) is 12.6. The van der Waals surface area contributed by atoms with Crippen LogP contribution in [0.25, 0.3) is 0 Å². The van der Waals surface area contributed by atoms with Crippen molar-refractivity contribution < 1.29 is 17.9 Å². The number of sulfonamides is 1. The number of hydrogen-bond donors (Lipinski definition) is 1. The molecular formula is C20H22N2O4S. The summed E-state index contributed by atoms with van der Waals surface area (Å²) in [6.45, 7) is 1.09. The summed E-state index contributed by atoms with van der Waals surface area (Å²) in [5.74, 6) is -0.161. The van der Waals surface area contributed by atoms with Gasteiger partial charge in [0, 0.05) is 18.5 Å². The fourth-order valence-electron chi connectivity index (χ4n) is 3.98. The molecule has 0 radical (unpaired) electrons. The van der Waals surface area contributed by atoms with E-state index in [-0.39, 0.29) is 5.91 Å². The normalized spacial score (nSPS) is 24.2. The molecule has 2 aliphatic rings. The third-order valence-electron chi connectivity index (χ3n) is 5.33. The first-order valence-corrected chi connectivity index (χ1v) is 10.7. The molecule has 142 valence electrons.